The minimum atomic E-state index is -0.0801. The molecule has 0 N–H and O–H groups in total. The van der Waals surface area contributed by atoms with E-state index in [1.165, 1.54) is 257 Å². The largest absolute Gasteiger partial charge is 1.00 e. The first-order chi connectivity index (χ1) is 30.3. The molecular formula is C58H113BrN2O2. The van der Waals surface area contributed by atoms with E-state index in [4.69, 9.17) is 4.74 Å². The third-order valence-electron chi connectivity index (χ3n) is 14.2. The standard InChI is InChI=1S/C58H113N2O2.BrH/c1-7-9-11-13-15-17-19-21-23-25-27-29-31-33-35-37-44-56(45-38-36-34-32-30-28-26-24-22-20-18-16-14-12-10-8-2)46-39-40-47-57(49-48-55(5)43-41-42-54(3)4)62-58(61)52-60-51-50-59(6)53-60;/h50-51,53-57H,7-49,52H2,1-6H3;1H/q+1;/p-1. The molecule has 0 fully saturated rings. The predicted molar refractivity (Wildman–Crippen MR) is 273 cm³/mol. The van der Waals surface area contributed by atoms with Crippen molar-refractivity contribution in [3.63, 3.8) is 0 Å². The Morgan fingerprint density at radius 3 is 1.19 bits per heavy atom. The van der Waals surface area contributed by atoms with Crippen LogP contribution in [0.15, 0.2) is 18.7 Å². The van der Waals surface area contributed by atoms with Gasteiger partial charge in [-0.1, -0.05) is 285 Å². The topological polar surface area (TPSA) is 35.1 Å². The maximum absolute atomic E-state index is 13.1. The average molecular weight is 950 g/mol. The Bertz CT molecular complexity index is 1020. The highest BCUT2D eigenvalue weighted by molar-refractivity contribution is 5.69. The third-order valence-corrected chi connectivity index (χ3v) is 14.2. The maximum Gasteiger partial charge on any atom is 0.348 e. The van der Waals surface area contributed by atoms with Gasteiger partial charge in [-0.05, 0) is 43.4 Å². The van der Waals surface area contributed by atoms with Crippen LogP contribution in [0, 0.1) is 17.8 Å². The summed E-state index contributed by atoms with van der Waals surface area (Å²) in [7, 11) is 2.00. The number of imidazole rings is 1. The second kappa shape index (κ2) is 47.6. The number of hydrogen-bond donors (Lipinski definition) is 0. The van der Waals surface area contributed by atoms with Gasteiger partial charge in [0.2, 0.25) is 6.33 Å². The Morgan fingerprint density at radius 1 is 0.460 bits per heavy atom. The van der Waals surface area contributed by atoms with Crippen LogP contribution < -0.4 is 21.5 Å². The molecule has 0 saturated carbocycles. The van der Waals surface area contributed by atoms with Gasteiger partial charge in [0.1, 0.15) is 18.5 Å². The van der Waals surface area contributed by atoms with Crippen molar-refractivity contribution in [3.8, 4) is 0 Å². The summed E-state index contributed by atoms with van der Waals surface area (Å²) in [6, 6.07) is 0. The number of halogens is 1. The average Bonchev–Trinajstić information content (AvgIpc) is 3.66. The second-order valence-electron chi connectivity index (χ2n) is 21.2. The highest BCUT2D eigenvalue weighted by Crippen LogP contribution is 2.27. The molecule has 0 aromatic carbocycles. The van der Waals surface area contributed by atoms with Gasteiger partial charge in [0.15, 0.2) is 6.54 Å². The van der Waals surface area contributed by atoms with Crippen molar-refractivity contribution in [2.75, 3.05) is 0 Å². The van der Waals surface area contributed by atoms with Crippen molar-refractivity contribution >= 4 is 5.97 Å². The second-order valence-corrected chi connectivity index (χ2v) is 21.2. The molecule has 2 atom stereocenters. The molecule has 0 bridgehead atoms. The van der Waals surface area contributed by atoms with Crippen LogP contribution >= 0.6 is 0 Å². The van der Waals surface area contributed by atoms with E-state index in [9.17, 15) is 4.79 Å². The van der Waals surface area contributed by atoms with Crippen LogP contribution in [-0.2, 0) is 23.1 Å². The van der Waals surface area contributed by atoms with Gasteiger partial charge in [0, 0.05) is 0 Å². The summed E-state index contributed by atoms with van der Waals surface area (Å²) in [6.45, 7) is 12.0. The molecule has 0 aliphatic rings. The highest BCUT2D eigenvalue weighted by Gasteiger charge is 2.19. The fourth-order valence-electron chi connectivity index (χ4n) is 9.92. The minimum absolute atomic E-state index is 0. The molecule has 2 unspecified atom stereocenters. The lowest BCUT2D eigenvalue weighted by Crippen LogP contribution is -3.00. The number of rotatable bonds is 49. The van der Waals surface area contributed by atoms with E-state index < -0.39 is 0 Å². The van der Waals surface area contributed by atoms with Gasteiger partial charge in [-0.25, -0.2) is 13.9 Å². The number of carbonyl (C=O) groups excluding carboxylic acids is 1. The Morgan fingerprint density at radius 2 is 0.825 bits per heavy atom. The van der Waals surface area contributed by atoms with Crippen molar-refractivity contribution in [2.24, 2.45) is 24.8 Å². The van der Waals surface area contributed by atoms with E-state index in [1.807, 2.05) is 34.9 Å². The van der Waals surface area contributed by atoms with Crippen LogP contribution in [0.2, 0.25) is 0 Å². The van der Waals surface area contributed by atoms with Crippen LogP contribution in [0.3, 0.4) is 0 Å². The highest BCUT2D eigenvalue weighted by atomic mass is 79.9. The fourth-order valence-corrected chi connectivity index (χ4v) is 9.92. The zero-order valence-corrected chi connectivity index (χ0v) is 45.3. The molecule has 1 aromatic heterocycles. The Kier molecular flexibility index (Phi) is 47.0. The Balaban J connectivity index is 0.0000384. The first kappa shape index (κ1) is 62.2. The first-order valence-corrected chi connectivity index (χ1v) is 28.5. The van der Waals surface area contributed by atoms with Crippen molar-refractivity contribution in [3.05, 3.63) is 18.7 Å². The van der Waals surface area contributed by atoms with E-state index in [2.05, 4.69) is 34.6 Å². The molecule has 0 aliphatic carbocycles. The summed E-state index contributed by atoms with van der Waals surface area (Å²) in [6.07, 6.45) is 66.0. The van der Waals surface area contributed by atoms with Crippen LogP contribution in [-0.4, -0.2) is 16.6 Å². The molecule has 1 heterocycles. The van der Waals surface area contributed by atoms with Gasteiger partial charge < -0.3 is 21.7 Å². The molecular weight excluding hydrogens is 837 g/mol. The van der Waals surface area contributed by atoms with Crippen molar-refractivity contribution in [2.45, 2.75) is 323 Å². The number of nitrogens with zero attached hydrogens (tertiary/aromatic N) is 2. The molecule has 0 spiro atoms. The summed E-state index contributed by atoms with van der Waals surface area (Å²) in [5.41, 5.74) is 0. The van der Waals surface area contributed by atoms with Crippen molar-refractivity contribution < 1.29 is 31.1 Å². The molecule has 0 radical (unpaired) electrons. The lowest BCUT2D eigenvalue weighted by atomic mass is 9.89. The molecule has 0 aliphatic heterocycles. The molecule has 374 valence electrons. The molecule has 1 rings (SSSR count). The van der Waals surface area contributed by atoms with Crippen molar-refractivity contribution in [1.82, 2.24) is 4.57 Å². The summed E-state index contributed by atoms with van der Waals surface area (Å²) >= 11 is 0. The summed E-state index contributed by atoms with van der Waals surface area (Å²) in [5, 5.41) is 0. The van der Waals surface area contributed by atoms with Gasteiger partial charge in [0.25, 0.3) is 0 Å². The Labute approximate surface area is 406 Å². The zero-order chi connectivity index (χ0) is 45.0. The third kappa shape index (κ3) is 43.5. The molecule has 5 heteroatoms. The van der Waals surface area contributed by atoms with Crippen LogP contribution in [0.5, 0.6) is 0 Å². The van der Waals surface area contributed by atoms with Crippen molar-refractivity contribution in [1.29, 1.82) is 0 Å². The molecule has 1 aromatic rings. The van der Waals surface area contributed by atoms with Gasteiger partial charge in [-0.3, -0.25) is 0 Å². The number of ether oxygens (including phenoxy) is 1. The summed E-state index contributed by atoms with van der Waals surface area (Å²) < 4.78 is 10.1. The van der Waals surface area contributed by atoms with E-state index in [0.717, 1.165) is 31.1 Å². The number of hydrogen-bond acceptors (Lipinski definition) is 2. The number of unbranched alkanes of at least 4 members (excludes halogenated alkanes) is 31. The Hall–Kier alpha value is -0.840. The summed E-state index contributed by atoms with van der Waals surface area (Å²) in [4.78, 5) is 13.1. The monoisotopic (exact) mass is 949 g/mol. The van der Waals surface area contributed by atoms with E-state index in [1.54, 1.807) is 0 Å². The van der Waals surface area contributed by atoms with Gasteiger partial charge in [0.05, 0.1) is 7.05 Å². The van der Waals surface area contributed by atoms with E-state index >= 15 is 0 Å². The SMILES string of the molecule is CCCCCCCCCCCCCCCCCCC(CCCCCCCCCCCCCCCCCC)CCCCC(CCC(C)CCCC(C)C)OC(=O)Cn1cc[n+](C)c1.[Br-]. The number of esters is 1. The zero-order valence-electron chi connectivity index (χ0n) is 43.7. The predicted octanol–water partition coefficient (Wildman–Crippen LogP) is 16.0. The smallest absolute Gasteiger partial charge is 0.348 e. The fraction of sp³-hybridized carbons (Fsp3) is 0.931. The number of aromatic nitrogens is 2. The quantitative estimate of drug-likeness (QED) is 0.0371. The molecule has 63 heavy (non-hydrogen) atoms. The molecule has 4 nitrogen and oxygen atoms in total. The molecule has 0 saturated heterocycles. The maximum atomic E-state index is 13.1. The van der Waals surface area contributed by atoms with Gasteiger partial charge in [-0.15, -0.1) is 0 Å². The lowest BCUT2D eigenvalue weighted by Gasteiger charge is -2.21. The normalized spacial score (nSPS) is 12.6. The number of carbonyl (C=O) groups is 1. The van der Waals surface area contributed by atoms with E-state index in [-0.39, 0.29) is 29.1 Å². The summed E-state index contributed by atoms with van der Waals surface area (Å²) in [5.74, 6) is 2.28. The van der Waals surface area contributed by atoms with E-state index in [0.29, 0.717) is 12.5 Å². The van der Waals surface area contributed by atoms with Crippen LogP contribution in [0.25, 0.3) is 0 Å². The van der Waals surface area contributed by atoms with Crippen LogP contribution in [0.1, 0.15) is 311 Å². The first-order valence-electron chi connectivity index (χ1n) is 28.5. The number of aryl methyl sites for hydroxylation is 1. The van der Waals surface area contributed by atoms with Gasteiger partial charge in [-0.2, -0.15) is 0 Å². The lowest BCUT2D eigenvalue weighted by molar-refractivity contribution is -0.671. The minimum Gasteiger partial charge on any atom is -1.00 e. The van der Waals surface area contributed by atoms with Crippen LogP contribution in [0.4, 0.5) is 0 Å². The molecule has 0 amide bonds. The van der Waals surface area contributed by atoms with Gasteiger partial charge >= 0.3 is 5.97 Å².